The Bertz CT molecular complexity index is 1260. The number of imide groups is 2. The smallest absolute Gasteiger partial charge is 0.255 e. The van der Waals surface area contributed by atoms with Gasteiger partial charge in [0.1, 0.15) is 6.04 Å². The second kappa shape index (κ2) is 12.3. The number of anilines is 2. The van der Waals surface area contributed by atoms with Gasteiger partial charge >= 0.3 is 0 Å². The van der Waals surface area contributed by atoms with Crippen molar-refractivity contribution in [3.05, 3.63) is 70.4 Å². The lowest BCUT2D eigenvalue weighted by molar-refractivity contribution is -0.148. The molecule has 1 unspecified atom stereocenters. The van der Waals surface area contributed by atoms with E-state index >= 15 is 0 Å². The van der Waals surface area contributed by atoms with Crippen molar-refractivity contribution in [1.82, 2.24) is 10.2 Å². The topological polar surface area (TPSA) is 116 Å². The molecule has 0 spiro atoms. The van der Waals surface area contributed by atoms with Gasteiger partial charge < -0.3 is 10.2 Å². The molecule has 0 saturated carbocycles. The van der Waals surface area contributed by atoms with Gasteiger partial charge in [-0.05, 0) is 62.1 Å². The molecule has 3 rings (SSSR count). The van der Waals surface area contributed by atoms with Crippen LogP contribution in [0.2, 0.25) is 5.02 Å². The number of amides is 5. The summed E-state index contributed by atoms with van der Waals surface area (Å²) >= 11 is 6.18. The van der Waals surface area contributed by atoms with Gasteiger partial charge in [-0.2, -0.15) is 0 Å². The number of rotatable bonds is 9. The molecular formula is C27H29ClN4O5. The van der Waals surface area contributed by atoms with Crippen LogP contribution in [0.1, 0.15) is 37.3 Å². The predicted octanol–water partition coefficient (Wildman–Crippen LogP) is 3.35. The minimum Gasteiger partial charge on any atom is -0.359 e. The van der Waals surface area contributed by atoms with Crippen LogP contribution < -0.4 is 15.5 Å². The molecule has 5 amide bonds. The highest BCUT2D eigenvalue weighted by molar-refractivity contribution is 6.31. The maximum Gasteiger partial charge on any atom is 0.255 e. The van der Waals surface area contributed by atoms with Gasteiger partial charge in [-0.1, -0.05) is 29.8 Å². The quantitative estimate of drug-likeness (QED) is 0.295. The molecule has 2 aromatic rings. The van der Waals surface area contributed by atoms with Crippen LogP contribution in [0.25, 0.3) is 0 Å². The molecule has 37 heavy (non-hydrogen) atoms. The van der Waals surface area contributed by atoms with Gasteiger partial charge in [0.05, 0.1) is 0 Å². The fourth-order valence-corrected chi connectivity index (χ4v) is 4.08. The molecule has 1 atom stereocenters. The molecule has 9 nitrogen and oxygen atoms in total. The lowest BCUT2D eigenvalue weighted by atomic mass is 10.0. The Morgan fingerprint density at radius 3 is 2.62 bits per heavy atom. The summed E-state index contributed by atoms with van der Waals surface area (Å²) < 4.78 is 0. The molecule has 1 aliphatic heterocycles. The molecule has 0 radical (unpaired) electrons. The van der Waals surface area contributed by atoms with Crippen molar-refractivity contribution in [1.29, 1.82) is 0 Å². The van der Waals surface area contributed by atoms with E-state index in [0.29, 0.717) is 35.7 Å². The first-order valence-corrected chi connectivity index (χ1v) is 12.1. The lowest BCUT2D eigenvalue weighted by Gasteiger charge is -2.27. The SMILES string of the molecule is C/C(=C\C(=O)N(C=O)C1CCC(=O)NC1=O)Nc1cccc(CCC(=O)N(C)c2ccc(C)c(Cl)c2)c1. The summed E-state index contributed by atoms with van der Waals surface area (Å²) in [6.45, 7) is 3.56. The number of carbonyl (C=O) groups excluding carboxylic acids is 5. The number of halogens is 1. The van der Waals surface area contributed by atoms with Gasteiger partial charge in [-0.3, -0.25) is 34.2 Å². The summed E-state index contributed by atoms with van der Waals surface area (Å²) in [5.74, 6) is -1.83. The number of hydrogen-bond donors (Lipinski definition) is 2. The average Bonchev–Trinajstić information content (AvgIpc) is 2.85. The van der Waals surface area contributed by atoms with Gasteiger partial charge in [-0.25, -0.2) is 0 Å². The van der Waals surface area contributed by atoms with E-state index in [-0.39, 0.29) is 18.7 Å². The minimum absolute atomic E-state index is 0.0534. The van der Waals surface area contributed by atoms with E-state index in [2.05, 4.69) is 10.6 Å². The maximum absolute atomic E-state index is 12.7. The maximum atomic E-state index is 12.7. The molecule has 2 aromatic carbocycles. The van der Waals surface area contributed by atoms with Crippen LogP contribution in [0.3, 0.4) is 0 Å². The van der Waals surface area contributed by atoms with Crippen LogP contribution in [-0.2, 0) is 30.4 Å². The van der Waals surface area contributed by atoms with Gasteiger partial charge in [-0.15, -0.1) is 0 Å². The molecule has 194 valence electrons. The van der Waals surface area contributed by atoms with E-state index < -0.39 is 23.8 Å². The number of allylic oxidation sites excluding steroid dienone is 1. The predicted molar refractivity (Wildman–Crippen MR) is 141 cm³/mol. The second-order valence-corrected chi connectivity index (χ2v) is 9.26. The first kappa shape index (κ1) is 27.6. The third-order valence-corrected chi connectivity index (χ3v) is 6.47. The molecule has 1 aliphatic rings. The minimum atomic E-state index is -1.03. The largest absolute Gasteiger partial charge is 0.359 e. The molecule has 10 heteroatoms. The molecule has 0 aromatic heterocycles. The first-order chi connectivity index (χ1) is 17.6. The zero-order valence-corrected chi connectivity index (χ0v) is 21.7. The molecule has 1 fully saturated rings. The Hall–Kier alpha value is -3.98. The summed E-state index contributed by atoms with van der Waals surface area (Å²) in [6, 6.07) is 11.9. The number of hydrogen-bond acceptors (Lipinski definition) is 6. The summed E-state index contributed by atoms with van der Waals surface area (Å²) in [5, 5.41) is 5.84. The summed E-state index contributed by atoms with van der Waals surface area (Å²) in [5.41, 5.74) is 3.74. The van der Waals surface area contributed by atoms with E-state index in [1.807, 2.05) is 43.3 Å². The summed E-state index contributed by atoms with van der Waals surface area (Å²) in [6.07, 6.45) is 2.45. The highest BCUT2D eigenvalue weighted by atomic mass is 35.5. The fraction of sp³-hybridized carbons (Fsp3) is 0.296. The molecule has 0 bridgehead atoms. The monoisotopic (exact) mass is 524 g/mol. The van der Waals surface area contributed by atoms with Crippen LogP contribution in [0.15, 0.2) is 54.2 Å². The van der Waals surface area contributed by atoms with Crippen molar-refractivity contribution in [2.24, 2.45) is 0 Å². The third kappa shape index (κ3) is 7.27. The normalized spacial score (nSPS) is 15.6. The second-order valence-electron chi connectivity index (χ2n) is 8.86. The number of piperidine rings is 1. The van der Waals surface area contributed by atoms with Crippen molar-refractivity contribution >= 4 is 53.0 Å². The van der Waals surface area contributed by atoms with Crippen molar-refractivity contribution in [2.45, 2.75) is 45.6 Å². The third-order valence-electron chi connectivity index (χ3n) is 6.07. The highest BCUT2D eigenvalue weighted by Gasteiger charge is 2.33. The van der Waals surface area contributed by atoms with Crippen LogP contribution in [0.4, 0.5) is 11.4 Å². The van der Waals surface area contributed by atoms with E-state index in [1.165, 1.54) is 6.08 Å². The Labute approximate surface area is 220 Å². The Morgan fingerprint density at radius 1 is 1.19 bits per heavy atom. The Morgan fingerprint density at radius 2 is 1.95 bits per heavy atom. The molecular weight excluding hydrogens is 496 g/mol. The van der Waals surface area contributed by atoms with Crippen LogP contribution >= 0.6 is 11.6 Å². The van der Waals surface area contributed by atoms with E-state index in [1.54, 1.807) is 24.9 Å². The van der Waals surface area contributed by atoms with Gasteiger partial charge in [0, 0.05) is 48.1 Å². The van der Waals surface area contributed by atoms with E-state index in [9.17, 15) is 24.0 Å². The zero-order valence-electron chi connectivity index (χ0n) is 20.9. The molecule has 1 heterocycles. The van der Waals surface area contributed by atoms with Crippen molar-refractivity contribution < 1.29 is 24.0 Å². The summed E-state index contributed by atoms with van der Waals surface area (Å²) in [7, 11) is 1.71. The number of nitrogens with zero attached hydrogens (tertiary/aromatic N) is 2. The molecule has 1 saturated heterocycles. The van der Waals surface area contributed by atoms with Gasteiger partial charge in [0.2, 0.25) is 24.1 Å². The number of aryl methyl sites for hydroxylation is 2. The van der Waals surface area contributed by atoms with Crippen LogP contribution in [0.5, 0.6) is 0 Å². The highest BCUT2D eigenvalue weighted by Crippen LogP contribution is 2.23. The van der Waals surface area contributed by atoms with Crippen molar-refractivity contribution in [3.63, 3.8) is 0 Å². The zero-order chi connectivity index (χ0) is 27.1. The van der Waals surface area contributed by atoms with Crippen molar-refractivity contribution in [3.8, 4) is 0 Å². The Balaban J connectivity index is 1.60. The van der Waals surface area contributed by atoms with Gasteiger partial charge in [0.25, 0.3) is 5.91 Å². The molecule has 0 aliphatic carbocycles. The van der Waals surface area contributed by atoms with E-state index in [4.69, 9.17) is 11.6 Å². The van der Waals surface area contributed by atoms with Crippen LogP contribution in [-0.4, -0.2) is 48.0 Å². The van der Waals surface area contributed by atoms with Crippen LogP contribution in [0, 0.1) is 6.92 Å². The van der Waals surface area contributed by atoms with Crippen molar-refractivity contribution in [2.75, 3.05) is 17.3 Å². The fourth-order valence-electron chi connectivity index (χ4n) is 3.91. The number of nitrogens with one attached hydrogen (secondary N) is 2. The lowest BCUT2D eigenvalue weighted by Crippen LogP contribution is -2.53. The van der Waals surface area contributed by atoms with E-state index in [0.717, 1.165) is 21.7 Å². The number of carbonyl (C=O) groups is 5. The molecule has 2 N–H and O–H groups in total. The number of benzene rings is 2. The summed E-state index contributed by atoms with van der Waals surface area (Å²) in [4.78, 5) is 62.6. The first-order valence-electron chi connectivity index (χ1n) is 11.8. The standard InChI is InChI=1S/C27H29ClN4O5/c1-17-7-9-21(15-22(17)28)31(3)25(35)12-8-19-5-4-6-20(14-19)29-18(2)13-26(36)32(16-33)23-10-11-24(34)30-27(23)37/h4-7,9,13-16,23,29H,8,10-12H2,1-3H3,(H,30,34,37)/b18-13+. The van der Waals surface area contributed by atoms with Gasteiger partial charge in [0.15, 0.2) is 0 Å². The average molecular weight is 525 g/mol. The Kier molecular flexibility index (Phi) is 9.19.